The maximum absolute atomic E-state index is 13.8. The quantitative estimate of drug-likeness (QED) is 0.389. The van der Waals surface area contributed by atoms with Crippen molar-refractivity contribution in [3.63, 3.8) is 0 Å². The first-order chi connectivity index (χ1) is 19.8. The first-order valence-electron chi connectivity index (χ1n) is 14.5. The van der Waals surface area contributed by atoms with E-state index < -0.39 is 0 Å². The van der Waals surface area contributed by atoms with Gasteiger partial charge >= 0.3 is 0 Å². The van der Waals surface area contributed by atoms with Gasteiger partial charge in [0.25, 0.3) is 5.91 Å². The average molecular weight is 558 g/mol. The second kappa shape index (κ2) is 14.2. The van der Waals surface area contributed by atoms with Crippen LogP contribution in [0.3, 0.4) is 0 Å². The minimum atomic E-state index is -0.0914. The van der Waals surface area contributed by atoms with Crippen molar-refractivity contribution < 1.29 is 19.1 Å². The SMILES string of the molecule is COc1ccc(CC(=O)N2CCN(C(C)C)CCCN(C(=O)COc3ccccc3)c3c(C)cccc3C2)cc1C. The molecule has 4 rings (SSSR count). The van der Waals surface area contributed by atoms with Gasteiger partial charge in [0, 0.05) is 38.8 Å². The van der Waals surface area contributed by atoms with Gasteiger partial charge in [-0.25, -0.2) is 0 Å². The van der Waals surface area contributed by atoms with Crippen molar-refractivity contribution in [3.8, 4) is 11.5 Å². The molecule has 41 heavy (non-hydrogen) atoms. The minimum Gasteiger partial charge on any atom is -0.496 e. The van der Waals surface area contributed by atoms with Gasteiger partial charge in [0.05, 0.1) is 19.2 Å². The van der Waals surface area contributed by atoms with Gasteiger partial charge in [0.15, 0.2) is 6.61 Å². The third-order valence-electron chi connectivity index (χ3n) is 7.74. The molecular weight excluding hydrogens is 514 g/mol. The molecule has 1 aliphatic heterocycles. The predicted octanol–water partition coefficient (Wildman–Crippen LogP) is 5.41. The van der Waals surface area contributed by atoms with E-state index in [1.165, 1.54) is 0 Å². The first kappa shape index (κ1) is 30.1. The lowest BCUT2D eigenvalue weighted by Crippen LogP contribution is -2.42. The molecule has 0 fully saturated rings. The molecule has 0 atom stereocenters. The molecule has 0 unspecified atom stereocenters. The van der Waals surface area contributed by atoms with E-state index >= 15 is 0 Å². The maximum atomic E-state index is 13.8. The number of hydrogen-bond donors (Lipinski definition) is 0. The van der Waals surface area contributed by atoms with Crippen LogP contribution in [0.4, 0.5) is 5.69 Å². The van der Waals surface area contributed by atoms with E-state index in [9.17, 15) is 9.59 Å². The number of carbonyl (C=O) groups is 2. The number of anilines is 1. The standard InChI is InChI=1S/C34H43N3O4/c1-25(2)35-17-10-18-37(33(39)24-41-30-13-7-6-8-14-30)34-26(3)11-9-12-29(34)23-36(20-19-35)32(38)22-28-15-16-31(40-5)27(4)21-28/h6-9,11-16,21,25H,10,17-20,22-24H2,1-5H3. The molecule has 3 aromatic carbocycles. The second-order valence-corrected chi connectivity index (χ2v) is 11.0. The fraction of sp³-hybridized carbons (Fsp3) is 0.412. The Morgan fingerprint density at radius 1 is 0.854 bits per heavy atom. The fourth-order valence-electron chi connectivity index (χ4n) is 5.48. The highest BCUT2D eigenvalue weighted by molar-refractivity contribution is 5.96. The lowest BCUT2D eigenvalue weighted by molar-refractivity contribution is -0.131. The number of hydrogen-bond acceptors (Lipinski definition) is 5. The fourth-order valence-corrected chi connectivity index (χ4v) is 5.48. The molecule has 0 N–H and O–H groups in total. The van der Waals surface area contributed by atoms with E-state index in [1.807, 2.05) is 90.4 Å². The monoisotopic (exact) mass is 557 g/mol. The summed E-state index contributed by atoms with van der Waals surface area (Å²) in [5.74, 6) is 1.45. The Balaban J connectivity index is 1.64. The zero-order valence-corrected chi connectivity index (χ0v) is 25.1. The van der Waals surface area contributed by atoms with Crippen LogP contribution in [0.25, 0.3) is 0 Å². The molecule has 1 heterocycles. The summed E-state index contributed by atoms with van der Waals surface area (Å²) in [6, 6.07) is 21.7. The van der Waals surface area contributed by atoms with Gasteiger partial charge in [0.2, 0.25) is 5.91 Å². The number of nitrogens with zero attached hydrogens (tertiary/aromatic N) is 3. The predicted molar refractivity (Wildman–Crippen MR) is 164 cm³/mol. The van der Waals surface area contributed by atoms with Crippen molar-refractivity contribution >= 4 is 17.5 Å². The van der Waals surface area contributed by atoms with Gasteiger partial charge in [0.1, 0.15) is 11.5 Å². The van der Waals surface area contributed by atoms with Crippen LogP contribution in [-0.4, -0.2) is 67.6 Å². The number of ether oxygens (including phenoxy) is 2. The van der Waals surface area contributed by atoms with Crippen LogP contribution in [-0.2, 0) is 22.6 Å². The van der Waals surface area contributed by atoms with Crippen LogP contribution in [0.5, 0.6) is 11.5 Å². The summed E-state index contributed by atoms with van der Waals surface area (Å²) in [7, 11) is 1.66. The van der Waals surface area contributed by atoms with E-state index in [2.05, 4.69) is 18.7 Å². The van der Waals surface area contributed by atoms with Crippen molar-refractivity contribution in [1.29, 1.82) is 0 Å². The third kappa shape index (κ3) is 7.88. The number of carbonyl (C=O) groups excluding carboxylic acids is 2. The van der Waals surface area contributed by atoms with Crippen molar-refractivity contribution in [2.24, 2.45) is 0 Å². The highest BCUT2D eigenvalue weighted by Gasteiger charge is 2.26. The molecule has 0 radical (unpaired) electrons. The summed E-state index contributed by atoms with van der Waals surface area (Å²) in [6.07, 6.45) is 1.13. The Morgan fingerprint density at radius 2 is 1.63 bits per heavy atom. The Kier molecular flexibility index (Phi) is 10.4. The molecule has 7 heteroatoms. The number of amides is 2. The number of methoxy groups -OCH3 is 1. The molecule has 0 saturated heterocycles. The highest BCUT2D eigenvalue weighted by atomic mass is 16.5. The highest BCUT2D eigenvalue weighted by Crippen LogP contribution is 2.29. The number of rotatable bonds is 7. The minimum absolute atomic E-state index is 0.0504. The van der Waals surface area contributed by atoms with Crippen LogP contribution in [0, 0.1) is 13.8 Å². The lowest BCUT2D eigenvalue weighted by Gasteiger charge is -2.30. The zero-order chi connectivity index (χ0) is 29.4. The molecule has 0 aromatic heterocycles. The zero-order valence-electron chi connectivity index (χ0n) is 25.1. The van der Waals surface area contributed by atoms with Crippen molar-refractivity contribution in [2.75, 3.05) is 44.8 Å². The first-order valence-corrected chi connectivity index (χ1v) is 14.5. The van der Waals surface area contributed by atoms with Crippen molar-refractivity contribution in [3.05, 3.63) is 89.0 Å². The molecule has 0 spiro atoms. The summed E-state index contributed by atoms with van der Waals surface area (Å²) < 4.78 is 11.3. The van der Waals surface area contributed by atoms with Gasteiger partial charge in [-0.05, 0) is 74.6 Å². The maximum Gasteiger partial charge on any atom is 0.264 e. The summed E-state index contributed by atoms with van der Waals surface area (Å²) in [5.41, 5.74) is 4.83. The molecule has 2 amide bonds. The van der Waals surface area contributed by atoms with Gasteiger partial charge in [-0.15, -0.1) is 0 Å². The van der Waals surface area contributed by atoms with Crippen LogP contribution in [0.1, 0.15) is 42.5 Å². The van der Waals surface area contributed by atoms with Crippen LogP contribution >= 0.6 is 0 Å². The van der Waals surface area contributed by atoms with E-state index in [0.717, 1.165) is 53.2 Å². The summed E-state index contributed by atoms with van der Waals surface area (Å²) >= 11 is 0. The summed E-state index contributed by atoms with van der Waals surface area (Å²) in [5, 5.41) is 0. The van der Waals surface area contributed by atoms with Crippen LogP contribution in [0.15, 0.2) is 66.7 Å². The third-order valence-corrected chi connectivity index (χ3v) is 7.74. The van der Waals surface area contributed by atoms with E-state index in [-0.39, 0.29) is 18.4 Å². The van der Waals surface area contributed by atoms with Crippen LogP contribution in [0.2, 0.25) is 0 Å². The van der Waals surface area contributed by atoms with E-state index in [1.54, 1.807) is 7.11 Å². The number of benzene rings is 3. The Labute approximate surface area is 244 Å². The molecule has 0 aliphatic carbocycles. The van der Waals surface area contributed by atoms with Crippen LogP contribution < -0.4 is 14.4 Å². The normalized spacial score (nSPS) is 14.8. The second-order valence-electron chi connectivity index (χ2n) is 11.0. The Bertz CT molecular complexity index is 1320. The topological polar surface area (TPSA) is 62.3 Å². The molecular formula is C34H43N3O4. The van der Waals surface area contributed by atoms with Crippen molar-refractivity contribution in [2.45, 2.75) is 53.1 Å². The smallest absolute Gasteiger partial charge is 0.264 e. The Hall–Kier alpha value is -3.84. The number of para-hydroxylation sites is 2. The molecule has 218 valence electrons. The van der Waals surface area contributed by atoms with Gasteiger partial charge < -0.3 is 19.3 Å². The van der Waals surface area contributed by atoms with Gasteiger partial charge in [-0.1, -0.05) is 48.5 Å². The average Bonchev–Trinajstić information content (AvgIpc) is 2.99. The molecule has 1 aliphatic rings. The molecule has 0 bridgehead atoms. The number of aryl methyl sites for hydroxylation is 2. The van der Waals surface area contributed by atoms with Gasteiger partial charge in [-0.3, -0.25) is 14.5 Å². The van der Waals surface area contributed by atoms with E-state index in [0.29, 0.717) is 37.8 Å². The molecule has 3 aromatic rings. The summed E-state index contributed by atoms with van der Waals surface area (Å²) in [4.78, 5) is 33.7. The lowest BCUT2D eigenvalue weighted by atomic mass is 10.0. The molecule has 7 nitrogen and oxygen atoms in total. The molecule has 0 saturated carbocycles. The van der Waals surface area contributed by atoms with Gasteiger partial charge in [-0.2, -0.15) is 0 Å². The van der Waals surface area contributed by atoms with Crippen molar-refractivity contribution in [1.82, 2.24) is 9.80 Å². The Morgan fingerprint density at radius 3 is 2.34 bits per heavy atom. The van der Waals surface area contributed by atoms with E-state index in [4.69, 9.17) is 9.47 Å². The summed E-state index contributed by atoms with van der Waals surface area (Å²) in [6.45, 7) is 11.6. The largest absolute Gasteiger partial charge is 0.496 e. The number of fused-ring (bicyclic) bond motifs is 1.